The maximum atomic E-state index is 14.0. The first-order valence-electron chi connectivity index (χ1n) is 9.31. The van der Waals surface area contributed by atoms with Crippen LogP contribution in [-0.2, 0) is 9.53 Å². The average Bonchev–Trinajstić information content (AvgIpc) is 2.75. The lowest BCUT2D eigenvalue weighted by molar-refractivity contribution is -0.149. The number of rotatable bonds is 8. The standard InChI is InChI=1S/C18H17F5NO4P.C2H6/c1-9(2)26-18(25)10(3)24-29(27-11-7-5-4-6-8-11)28-17-15(22)13(20)12(19)14(21)16(17)23;1-2/h4-10,24H,1-3H3;1-2H3/t10-,29?;/m0./s1. The van der Waals surface area contributed by atoms with Gasteiger partial charge in [0, 0.05) is 0 Å². The predicted molar refractivity (Wildman–Crippen MR) is 106 cm³/mol. The molecule has 0 saturated heterocycles. The molecule has 31 heavy (non-hydrogen) atoms. The highest BCUT2D eigenvalue weighted by Gasteiger charge is 2.32. The van der Waals surface area contributed by atoms with Crippen molar-refractivity contribution in [3.05, 3.63) is 59.4 Å². The first kappa shape index (κ1) is 26.6. The topological polar surface area (TPSA) is 56.8 Å². The summed E-state index contributed by atoms with van der Waals surface area (Å²) in [6, 6.07) is 6.69. The van der Waals surface area contributed by atoms with Gasteiger partial charge in [0.1, 0.15) is 11.8 Å². The summed E-state index contributed by atoms with van der Waals surface area (Å²) in [4.78, 5) is 12.0. The van der Waals surface area contributed by atoms with E-state index in [1.165, 1.54) is 19.1 Å². The van der Waals surface area contributed by atoms with Crippen molar-refractivity contribution in [3.63, 3.8) is 0 Å². The summed E-state index contributed by atoms with van der Waals surface area (Å²) in [5.74, 6) is -13.1. The van der Waals surface area contributed by atoms with Crippen molar-refractivity contribution >= 4 is 14.5 Å². The van der Waals surface area contributed by atoms with E-state index >= 15 is 0 Å². The molecule has 0 aliphatic heterocycles. The Bertz CT molecular complexity index is 841. The number of esters is 1. The molecule has 0 amide bonds. The molecule has 172 valence electrons. The summed E-state index contributed by atoms with van der Waals surface area (Å²) in [7, 11) is -2.56. The zero-order valence-electron chi connectivity index (χ0n) is 17.5. The van der Waals surface area contributed by atoms with Crippen molar-refractivity contribution in [2.24, 2.45) is 0 Å². The lowest BCUT2D eigenvalue weighted by atomic mass is 10.3. The van der Waals surface area contributed by atoms with Crippen LogP contribution in [0.3, 0.4) is 0 Å². The van der Waals surface area contributed by atoms with Crippen LogP contribution >= 0.6 is 8.53 Å². The summed E-state index contributed by atoms with van der Waals surface area (Å²) in [5.41, 5.74) is 0. The number of nitrogens with one attached hydrogen (secondary N) is 1. The number of para-hydroxylation sites is 1. The van der Waals surface area contributed by atoms with Crippen LogP contribution in [0.5, 0.6) is 11.5 Å². The van der Waals surface area contributed by atoms with Crippen molar-refractivity contribution in [2.75, 3.05) is 0 Å². The van der Waals surface area contributed by atoms with Gasteiger partial charge in [0.25, 0.3) is 0 Å². The molecular formula is C20H23F5NO4P. The summed E-state index contributed by atoms with van der Waals surface area (Å²) < 4.78 is 83.4. The second-order valence-corrected chi connectivity index (χ2v) is 7.13. The molecular weight excluding hydrogens is 444 g/mol. The SMILES string of the molecule is CC.CC(C)OC(=O)[C@H](C)NP(Oc1ccccc1)Oc1c(F)c(F)c(F)c(F)c1F. The Kier molecular flexibility index (Phi) is 10.6. The zero-order chi connectivity index (χ0) is 23.7. The zero-order valence-corrected chi connectivity index (χ0v) is 18.4. The van der Waals surface area contributed by atoms with E-state index in [1.54, 1.807) is 32.0 Å². The fourth-order valence-electron chi connectivity index (χ4n) is 1.94. The van der Waals surface area contributed by atoms with Crippen molar-refractivity contribution in [1.82, 2.24) is 5.09 Å². The highest BCUT2D eigenvalue weighted by atomic mass is 31.2. The Morgan fingerprint density at radius 1 is 0.839 bits per heavy atom. The van der Waals surface area contributed by atoms with Crippen molar-refractivity contribution < 1.29 is 40.5 Å². The van der Waals surface area contributed by atoms with E-state index in [0.29, 0.717) is 0 Å². The van der Waals surface area contributed by atoms with Crippen molar-refractivity contribution in [3.8, 4) is 11.5 Å². The van der Waals surface area contributed by atoms with Crippen LogP contribution in [0.15, 0.2) is 30.3 Å². The molecule has 2 rings (SSSR count). The average molecular weight is 467 g/mol. The van der Waals surface area contributed by atoms with Gasteiger partial charge in [-0.25, -0.2) is 18.3 Å². The Hall–Kier alpha value is -2.45. The summed E-state index contributed by atoms with van der Waals surface area (Å²) in [5, 5.41) is 2.50. The Morgan fingerprint density at radius 2 is 1.32 bits per heavy atom. The maximum Gasteiger partial charge on any atom is 0.382 e. The minimum atomic E-state index is -2.56. The van der Waals surface area contributed by atoms with E-state index < -0.39 is 61.5 Å². The van der Waals surface area contributed by atoms with E-state index in [9.17, 15) is 26.7 Å². The third-order valence-corrected chi connectivity index (χ3v) is 4.60. The van der Waals surface area contributed by atoms with E-state index in [1.807, 2.05) is 13.8 Å². The quantitative estimate of drug-likeness (QED) is 0.169. The summed E-state index contributed by atoms with van der Waals surface area (Å²) >= 11 is 0. The summed E-state index contributed by atoms with van der Waals surface area (Å²) in [6.07, 6.45) is -0.441. The predicted octanol–water partition coefficient (Wildman–Crippen LogP) is 6.02. The minimum absolute atomic E-state index is 0.166. The van der Waals surface area contributed by atoms with Crippen LogP contribution in [0.25, 0.3) is 0 Å². The number of benzene rings is 2. The van der Waals surface area contributed by atoms with Gasteiger partial charge in [0.15, 0.2) is 0 Å². The second kappa shape index (κ2) is 12.4. The van der Waals surface area contributed by atoms with Gasteiger partial charge in [-0.3, -0.25) is 4.79 Å². The highest BCUT2D eigenvalue weighted by molar-refractivity contribution is 7.45. The van der Waals surface area contributed by atoms with Crippen LogP contribution in [0.4, 0.5) is 22.0 Å². The normalized spacial score (nSPS) is 12.5. The molecule has 0 radical (unpaired) electrons. The number of halogens is 5. The molecule has 0 aromatic heterocycles. The molecule has 0 aliphatic carbocycles. The molecule has 0 fully saturated rings. The van der Waals surface area contributed by atoms with Crippen LogP contribution < -0.4 is 14.1 Å². The van der Waals surface area contributed by atoms with Gasteiger partial charge in [-0.05, 0) is 32.9 Å². The molecule has 1 N–H and O–H groups in total. The Labute approximate surface area is 178 Å². The molecule has 0 heterocycles. The molecule has 2 atom stereocenters. The molecule has 2 aromatic rings. The summed E-state index contributed by atoms with van der Waals surface area (Å²) in [6.45, 7) is 8.58. The fourth-order valence-corrected chi connectivity index (χ4v) is 3.15. The van der Waals surface area contributed by atoms with Gasteiger partial charge in [-0.2, -0.15) is 8.78 Å². The third-order valence-electron chi connectivity index (χ3n) is 3.28. The lowest BCUT2D eigenvalue weighted by Crippen LogP contribution is -2.35. The maximum absolute atomic E-state index is 14.0. The number of ether oxygens (including phenoxy) is 1. The van der Waals surface area contributed by atoms with Crippen molar-refractivity contribution in [2.45, 2.75) is 46.8 Å². The number of hydrogen-bond acceptors (Lipinski definition) is 5. The number of hydrogen-bond donors (Lipinski definition) is 1. The van der Waals surface area contributed by atoms with E-state index in [0.717, 1.165) is 0 Å². The van der Waals surface area contributed by atoms with Gasteiger partial charge in [0.05, 0.1) is 6.10 Å². The molecule has 1 unspecified atom stereocenters. The van der Waals surface area contributed by atoms with E-state index in [4.69, 9.17) is 13.8 Å². The molecule has 0 saturated carbocycles. The fraction of sp³-hybridized carbons (Fsp3) is 0.350. The molecule has 5 nitrogen and oxygen atoms in total. The monoisotopic (exact) mass is 467 g/mol. The third kappa shape index (κ3) is 7.33. The first-order chi connectivity index (χ1) is 14.6. The Balaban J connectivity index is 0.00000233. The first-order valence-corrected chi connectivity index (χ1v) is 10.5. The second-order valence-electron chi connectivity index (χ2n) is 5.99. The molecule has 0 aliphatic rings. The number of carbonyl (C=O) groups excluding carboxylic acids is 1. The molecule has 2 aromatic carbocycles. The van der Waals surface area contributed by atoms with Crippen LogP contribution in [-0.4, -0.2) is 18.1 Å². The van der Waals surface area contributed by atoms with Gasteiger partial charge < -0.3 is 13.8 Å². The molecule has 0 bridgehead atoms. The minimum Gasteiger partial charge on any atom is -0.462 e. The van der Waals surface area contributed by atoms with Gasteiger partial charge in [-0.15, -0.1) is 0 Å². The van der Waals surface area contributed by atoms with Crippen LogP contribution in [0.2, 0.25) is 0 Å². The van der Waals surface area contributed by atoms with Crippen molar-refractivity contribution in [1.29, 1.82) is 0 Å². The largest absolute Gasteiger partial charge is 0.462 e. The lowest BCUT2D eigenvalue weighted by Gasteiger charge is -2.23. The van der Waals surface area contributed by atoms with Crippen LogP contribution in [0, 0.1) is 29.1 Å². The smallest absolute Gasteiger partial charge is 0.382 e. The van der Waals surface area contributed by atoms with E-state index in [2.05, 4.69) is 5.09 Å². The molecule has 11 heteroatoms. The van der Waals surface area contributed by atoms with Crippen LogP contribution in [0.1, 0.15) is 34.6 Å². The Morgan fingerprint density at radius 3 is 1.81 bits per heavy atom. The van der Waals surface area contributed by atoms with E-state index in [-0.39, 0.29) is 5.75 Å². The van der Waals surface area contributed by atoms with Gasteiger partial charge >= 0.3 is 14.5 Å². The number of carbonyl (C=O) groups is 1. The molecule has 0 spiro atoms. The van der Waals surface area contributed by atoms with Gasteiger partial charge in [0.2, 0.25) is 34.8 Å². The highest BCUT2D eigenvalue weighted by Crippen LogP contribution is 2.41. The van der Waals surface area contributed by atoms with Gasteiger partial charge in [-0.1, -0.05) is 32.0 Å².